The summed E-state index contributed by atoms with van der Waals surface area (Å²) in [6.45, 7) is 0.779. The lowest BCUT2D eigenvalue weighted by Gasteiger charge is -2.34. The molecule has 1 fully saturated rings. The van der Waals surface area contributed by atoms with Crippen molar-refractivity contribution in [3.63, 3.8) is 0 Å². The third-order valence-electron chi connectivity index (χ3n) is 4.26. The normalized spacial score (nSPS) is 21.4. The van der Waals surface area contributed by atoms with Crippen molar-refractivity contribution in [1.82, 2.24) is 19.7 Å². The minimum absolute atomic E-state index is 0.487. The smallest absolute Gasteiger partial charge is 0.0924 e. The summed E-state index contributed by atoms with van der Waals surface area (Å²) < 4.78 is 2.04. The first kappa shape index (κ1) is 12.5. The number of nitrogens with zero attached hydrogens (tertiary/aromatic N) is 4. The Morgan fingerprint density at radius 3 is 2.76 bits per heavy atom. The summed E-state index contributed by atoms with van der Waals surface area (Å²) in [6, 6.07) is 8.39. The van der Waals surface area contributed by atoms with E-state index in [1.54, 1.807) is 0 Å². The van der Waals surface area contributed by atoms with Crippen LogP contribution in [0.5, 0.6) is 0 Å². The molecule has 0 aliphatic heterocycles. The van der Waals surface area contributed by atoms with Crippen LogP contribution in [0.2, 0.25) is 0 Å². The molecule has 5 heteroatoms. The Hall–Kier alpha value is -2.27. The zero-order valence-electron chi connectivity index (χ0n) is 11.7. The van der Waals surface area contributed by atoms with Crippen LogP contribution in [0, 0.1) is 5.92 Å². The monoisotopic (exact) mass is 279 g/mol. The third kappa shape index (κ3) is 2.19. The van der Waals surface area contributed by atoms with E-state index < -0.39 is 0 Å². The van der Waals surface area contributed by atoms with Crippen molar-refractivity contribution < 1.29 is 0 Å². The van der Waals surface area contributed by atoms with E-state index in [-0.39, 0.29) is 0 Å². The van der Waals surface area contributed by atoms with E-state index in [1.165, 1.54) is 0 Å². The molecule has 1 aliphatic rings. The molecule has 3 aromatic rings. The Morgan fingerprint density at radius 1 is 1.14 bits per heavy atom. The van der Waals surface area contributed by atoms with Crippen molar-refractivity contribution in [1.29, 1.82) is 0 Å². The van der Waals surface area contributed by atoms with Gasteiger partial charge in [-0.05, 0) is 37.4 Å². The number of nitrogens with two attached hydrogens (primary N) is 1. The molecular formula is C16H17N5. The number of fused-ring (bicyclic) bond motifs is 1. The number of rotatable bonds is 3. The average Bonchev–Trinajstić information content (AvgIpc) is 2.95. The van der Waals surface area contributed by atoms with Gasteiger partial charge in [-0.3, -0.25) is 9.67 Å². The van der Waals surface area contributed by atoms with Crippen molar-refractivity contribution in [3.8, 4) is 11.3 Å². The first-order valence-corrected chi connectivity index (χ1v) is 7.30. The maximum Gasteiger partial charge on any atom is 0.0924 e. The highest BCUT2D eigenvalue weighted by Crippen LogP contribution is 2.37. The molecule has 0 amide bonds. The molecule has 0 spiro atoms. The van der Waals surface area contributed by atoms with Gasteiger partial charge in [0.05, 0.1) is 35.2 Å². The van der Waals surface area contributed by atoms with Crippen LogP contribution in [-0.4, -0.2) is 26.3 Å². The molecule has 1 aliphatic carbocycles. The van der Waals surface area contributed by atoms with Gasteiger partial charge in [0, 0.05) is 11.8 Å². The fraction of sp³-hybridized carbons (Fsp3) is 0.312. The van der Waals surface area contributed by atoms with Crippen LogP contribution in [-0.2, 0) is 0 Å². The van der Waals surface area contributed by atoms with Crippen LogP contribution in [0.3, 0.4) is 0 Å². The minimum Gasteiger partial charge on any atom is -0.330 e. The Labute approximate surface area is 122 Å². The third-order valence-corrected chi connectivity index (χ3v) is 4.26. The second-order valence-electron chi connectivity index (χ2n) is 5.68. The maximum absolute atomic E-state index is 5.68. The highest BCUT2D eigenvalue weighted by molar-refractivity contribution is 5.76. The van der Waals surface area contributed by atoms with Crippen molar-refractivity contribution in [2.24, 2.45) is 11.7 Å². The van der Waals surface area contributed by atoms with Gasteiger partial charge in [-0.15, -0.1) is 0 Å². The van der Waals surface area contributed by atoms with Crippen LogP contribution < -0.4 is 5.73 Å². The van der Waals surface area contributed by atoms with Crippen LogP contribution in [0.1, 0.15) is 18.9 Å². The van der Waals surface area contributed by atoms with Crippen molar-refractivity contribution in [2.75, 3.05) is 6.54 Å². The van der Waals surface area contributed by atoms with Gasteiger partial charge in [0.2, 0.25) is 0 Å². The zero-order valence-corrected chi connectivity index (χ0v) is 11.7. The Bertz CT molecular complexity index is 773. The SMILES string of the molecule is NCC1CC(n2cc(-c3cnc4ccccc4n3)cn2)C1. The van der Waals surface area contributed by atoms with Gasteiger partial charge in [-0.1, -0.05) is 12.1 Å². The average molecular weight is 279 g/mol. The van der Waals surface area contributed by atoms with Gasteiger partial charge in [-0.2, -0.15) is 5.10 Å². The Balaban J connectivity index is 1.62. The Kier molecular flexibility index (Phi) is 2.93. The quantitative estimate of drug-likeness (QED) is 0.799. The van der Waals surface area contributed by atoms with Gasteiger partial charge in [0.1, 0.15) is 0 Å². The second-order valence-corrected chi connectivity index (χ2v) is 5.68. The van der Waals surface area contributed by atoms with E-state index in [0.29, 0.717) is 12.0 Å². The summed E-state index contributed by atoms with van der Waals surface area (Å²) in [7, 11) is 0. The molecule has 106 valence electrons. The van der Waals surface area contributed by atoms with Crippen LogP contribution in [0.4, 0.5) is 0 Å². The maximum atomic E-state index is 5.68. The van der Waals surface area contributed by atoms with Gasteiger partial charge in [-0.25, -0.2) is 4.98 Å². The van der Waals surface area contributed by atoms with Crippen molar-refractivity contribution >= 4 is 11.0 Å². The lowest BCUT2D eigenvalue weighted by Crippen LogP contribution is -2.32. The van der Waals surface area contributed by atoms with E-state index in [1.807, 2.05) is 41.3 Å². The first-order valence-electron chi connectivity index (χ1n) is 7.30. The molecule has 2 aromatic heterocycles. The van der Waals surface area contributed by atoms with Crippen molar-refractivity contribution in [3.05, 3.63) is 42.9 Å². The largest absolute Gasteiger partial charge is 0.330 e. The van der Waals surface area contributed by atoms with E-state index in [0.717, 1.165) is 41.7 Å². The zero-order chi connectivity index (χ0) is 14.2. The molecule has 0 radical (unpaired) electrons. The van der Waals surface area contributed by atoms with Crippen LogP contribution >= 0.6 is 0 Å². The van der Waals surface area contributed by atoms with Crippen LogP contribution in [0.15, 0.2) is 42.9 Å². The van der Waals surface area contributed by atoms with E-state index in [2.05, 4.69) is 21.3 Å². The predicted octanol–water partition coefficient (Wildman–Crippen LogP) is 2.40. The predicted molar refractivity (Wildman–Crippen MR) is 81.6 cm³/mol. The van der Waals surface area contributed by atoms with E-state index in [4.69, 9.17) is 5.73 Å². The fourth-order valence-electron chi connectivity index (χ4n) is 2.88. The standard InChI is InChI=1S/C16H17N5/c17-7-11-5-13(6-11)21-10-12(8-19-21)16-9-18-14-3-1-2-4-15(14)20-16/h1-4,8-11,13H,5-7,17H2. The summed E-state index contributed by atoms with van der Waals surface area (Å²) in [5, 5.41) is 4.47. The summed E-state index contributed by atoms with van der Waals surface area (Å²) >= 11 is 0. The van der Waals surface area contributed by atoms with E-state index in [9.17, 15) is 0 Å². The van der Waals surface area contributed by atoms with Gasteiger partial charge in [0.25, 0.3) is 0 Å². The summed E-state index contributed by atoms with van der Waals surface area (Å²) in [4.78, 5) is 9.11. The van der Waals surface area contributed by atoms with Gasteiger partial charge in [0.15, 0.2) is 0 Å². The Morgan fingerprint density at radius 2 is 1.95 bits per heavy atom. The molecule has 0 bridgehead atoms. The second kappa shape index (κ2) is 4.93. The minimum atomic E-state index is 0.487. The molecule has 1 saturated carbocycles. The first-order chi connectivity index (χ1) is 10.3. The molecule has 0 saturated heterocycles. The summed E-state index contributed by atoms with van der Waals surface area (Å²) in [6.07, 6.45) is 8.00. The lowest BCUT2D eigenvalue weighted by atomic mass is 9.80. The highest BCUT2D eigenvalue weighted by atomic mass is 15.3. The van der Waals surface area contributed by atoms with E-state index >= 15 is 0 Å². The molecule has 1 aromatic carbocycles. The van der Waals surface area contributed by atoms with Crippen molar-refractivity contribution in [2.45, 2.75) is 18.9 Å². The molecule has 5 nitrogen and oxygen atoms in total. The number of para-hydroxylation sites is 2. The molecular weight excluding hydrogens is 262 g/mol. The fourth-order valence-corrected chi connectivity index (χ4v) is 2.88. The number of benzene rings is 1. The molecule has 2 heterocycles. The lowest BCUT2D eigenvalue weighted by molar-refractivity contribution is 0.190. The molecule has 2 N–H and O–H groups in total. The number of aromatic nitrogens is 4. The van der Waals surface area contributed by atoms with Gasteiger partial charge < -0.3 is 5.73 Å². The topological polar surface area (TPSA) is 69.6 Å². The molecule has 0 unspecified atom stereocenters. The molecule has 21 heavy (non-hydrogen) atoms. The number of hydrogen-bond donors (Lipinski definition) is 1. The van der Waals surface area contributed by atoms with Crippen LogP contribution in [0.25, 0.3) is 22.3 Å². The summed E-state index contributed by atoms with van der Waals surface area (Å²) in [5.41, 5.74) is 9.39. The highest BCUT2D eigenvalue weighted by Gasteiger charge is 2.29. The summed E-state index contributed by atoms with van der Waals surface area (Å²) in [5.74, 6) is 0.656. The molecule has 0 atom stereocenters. The molecule has 4 rings (SSSR count). The van der Waals surface area contributed by atoms with Gasteiger partial charge >= 0.3 is 0 Å². The number of hydrogen-bond acceptors (Lipinski definition) is 4.